The Morgan fingerprint density at radius 2 is 1.11 bits per heavy atom. The Labute approximate surface area is 117 Å². The molecule has 19 heavy (non-hydrogen) atoms. The molecule has 0 nitrogen and oxygen atoms in total. The van der Waals surface area contributed by atoms with Crippen molar-refractivity contribution in [3.63, 3.8) is 0 Å². The van der Waals surface area contributed by atoms with E-state index in [9.17, 15) is 26.3 Å². The van der Waals surface area contributed by atoms with E-state index < -0.39 is 46.0 Å². The smallest absolute Gasteiger partial charge is 0.200 e. The van der Waals surface area contributed by atoms with Crippen LogP contribution in [-0.2, 0) is 0 Å². The second kappa shape index (κ2) is 5.03. The van der Waals surface area contributed by atoms with Gasteiger partial charge in [0, 0.05) is 9.13 Å². The summed E-state index contributed by atoms with van der Waals surface area (Å²) in [4.78, 5) is 0. The molecule has 0 fully saturated rings. The predicted molar refractivity (Wildman–Crippen MR) is 64.3 cm³/mol. The SMILES string of the molecule is Fc1cccc(I)c1-c1c(F)c(F)c(F)c(F)c1F. The first-order valence-electron chi connectivity index (χ1n) is 4.82. The average Bonchev–Trinajstić information content (AvgIpc) is 2.37. The van der Waals surface area contributed by atoms with Crippen molar-refractivity contribution in [3.05, 3.63) is 56.7 Å². The van der Waals surface area contributed by atoms with E-state index in [4.69, 9.17) is 0 Å². The van der Waals surface area contributed by atoms with E-state index in [2.05, 4.69) is 0 Å². The summed E-state index contributed by atoms with van der Waals surface area (Å²) in [5, 5.41) is 0. The summed E-state index contributed by atoms with van der Waals surface area (Å²) in [6, 6.07) is 3.42. The van der Waals surface area contributed by atoms with Crippen LogP contribution in [0.4, 0.5) is 26.3 Å². The maximum Gasteiger partial charge on any atom is 0.200 e. The van der Waals surface area contributed by atoms with E-state index >= 15 is 0 Å². The maximum atomic E-state index is 13.6. The van der Waals surface area contributed by atoms with E-state index in [1.165, 1.54) is 12.1 Å². The molecule has 0 aliphatic carbocycles. The molecule has 0 amide bonds. The van der Waals surface area contributed by atoms with Gasteiger partial charge < -0.3 is 0 Å². The molecule has 2 aromatic carbocycles. The molecule has 0 atom stereocenters. The molecule has 2 rings (SSSR count). The minimum absolute atomic E-state index is 0.0285. The first kappa shape index (κ1) is 14.2. The second-order valence-corrected chi connectivity index (χ2v) is 4.70. The first-order chi connectivity index (χ1) is 8.86. The third kappa shape index (κ3) is 2.19. The zero-order valence-electron chi connectivity index (χ0n) is 8.88. The highest BCUT2D eigenvalue weighted by Crippen LogP contribution is 2.35. The van der Waals surface area contributed by atoms with Crippen molar-refractivity contribution in [2.24, 2.45) is 0 Å². The van der Waals surface area contributed by atoms with Crippen molar-refractivity contribution < 1.29 is 26.3 Å². The average molecular weight is 388 g/mol. The van der Waals surface area contributed by atoms with Crippen LogP contribution in [0.15, 0.2) is 18.2 Å². The van der Waals surface area contributed by atoms with Gasteiger partial charge in [0.15, 0.2) is 23.3 Å². The van der Waals surface area contributed by atoms with Gasteiger partial charge in [-0.2, -0.15) is 0 Å². The normalized spacial score (nSPS) is 10.9. The van der Waals surface area contributed by atoms with Crippen LogP contribution in [-0.4, -0.2) is 0 Å². The molecule has 0 aliphatic heterocycles. The fraction of sp³-hybridized carbons (Fsp3) is 0. The van der Waals surface area contributed by atoms with Crippen LogP contribution in [0, 0.1) is 38.5 Å². The highest BCUT2D eigenvalue weighted by molar-refractivity contribution is 14.1. The number of hydrogen-bond donors (Lipinski definition) is 0. The molecule has 2 aromatic rings. The van der Waals surface area contributed by atoms with Crippen molar-refractivity contribution in [1.29, 1.82) is 0 Å². The molecule has 7 heteroatoms. The summed E-state index contributed by atoms with van der Waals surface area (Å²) in [5.74, 6) is -11.7. The molecule has 0 bridgehead atoms. The van der Waals surface area contributed by atoms with E-state index in [1.807, 2.05) is 0 Å². The molecule has 0 aromatic heterocycles. The van der Waals surface area contributed by atoms with Crippen LogP contribution in [0.25, 0.3) is 11.1 Å². The predicted octanol–water partition coefficient (Wildman–Crippen LogP) is 4.79. The van der Waals surface area contributed by atoms with Crippen LogP contribution >= 0.6 is 22.6 Å². The van der Waals surface area contributed by atoms with Crippen molar-refractivity contribution in [3.8, 4) is 11.1 Å². The lowest BCUT2D eigenvalue weighted by atomic mass is 10.0. The number of hydrogen-bond acceptors (Lipinski definition) is 0. The van der Waals surface area contributed by atoms with Gasteiger partial charge >= 0.3 is 0 Å². The third-order valence-electron chi connectivity index (χ3n) is 2.42. The van der Waals surface area contributed by atoms with Crippen molar-refractivity contribution >= 4 is 22.6 Å². The Kier molecular flexibility index (Phi) is 3.75. The molecule has 0 spiro atoms. The number of benzene rings is 2. The van der Waals surface area contributed by atoms with E-state index in [0.717, 1.165) is 6.07 Å². The Hall–Kier alpha value is -1.25. The van der Waals surface area contributed by atoms with Crippen LogP contribution in [0.2, 0.25) is 0 Å². The molecular weight excluding hydrogens is 385 g/mol. The summed E-state index contributed by atoms with van der Waals surface area (Å²) >= 11 is 1.54. The summed E-state index contributed by atoms with van der Waals surface area (Å²) in [6.45, 7) is 0. The maximum absolute atomic E-state index is 13.6. The minimum Gasteiger partial charge on any atom is -0.206 e. The first-order valence-corrected chi connectivity index (χ1v) is 5.90. The molecule has 0 heterocycles. The van der Waals surface area contributed by atoms with Gasteiger partial charge in [0.2, 0.25) is 5.82 Å². The van der Waals surface area contributed by atoms with Crippen molar-refractivity contribution in [2.45, 2.75) is 0 Å². The quantitative estimate of drug-likeness (QED) is 0.285. The molecule has 0 saturated heterocycles. The Morgan fingerprint density at radius 1 is 0.632 bits per heavy atom. The highest BCUT2D eigenvalue weighted by atomic mass is 127. The van der Waals surface area contributed by atoms with Gasteiger partial charge in [-0.15, -0.1) is 0 Å². The molecule has 0 N–H and O–H groups in total. The zero-order valence-corrected chi connectivity index (χ0v) is 11.0. The van der Waals surface area contributed by atoms with Crippen LogP contribution in [0.5, 0.6) is 0 Å². The molecular formula is C12H3F6I. The van der Waals surface area contributed by atoms with Gasteiger partial charge in [-0.3, -0.25) is 0 Å². The summed E-state index contributed by atoms with van der Waals surface area (Å²) in [5.41, 5.74) is -1.92. The van der Waals surface area contributed by atoms with Crippen LogP contribution < -0.4 is 0 Å². The standard InChI is InChI=1S/C12H3F6I/c13-4-2-1-3-5(19)6(4)7-8(14)10(16)12(18)11(17)9(7)15/h1-3H. The Balaban J connectivity index is 2.92. The molecule has 100 valence electrons. The fourth-order valence-corrected chi connectivity index (χ4v) is 2.30. The van der Waals surface area contributed by atoms with E-state index in [1.54, 1.807) is 22.6 Å². The lowest BCUT2D eigenvalue weighted by Crippen LogP contribution is -2.05. The summed E-state index contributed by atoms with van der Waals surface area (Å²) in [6.07, 6.45) is 0. The largest absolute Gasteiger partial charge is 0.206 e. The fourth-order valence-electron chi connectivity index (χ4n) is 1.56. The van der Waals surface area contributed by atoms with E-state index in [-0.39, 0.29) is 3.57 Å². The van der Waals surface area contributed by atoms with Gasteiger partial charge in [-0.1, -0.05) is 6.07 Å². The lowest BCUT2D eigenvalue weighted by Gasteiger charge is -2.10. The van der Waals surface area contributed by atoms with Gasteiger partial charge in [0.05, 0.1) is 5.56 Å². The zero-order chi connectivity index (χ0) is 14.3. The van der Waals surface area contributed by atoms with Crippen LogP contribution in [0.3, 0.4) is 0 Å². The van der Waals surface area contributed by atoms with Gasteiger partial charge in [0.25, 0.3) is 0 Å². The molecule has 0 saturated carbocycles. The molecule has 0 aliphatic rings. The molecule has 0 radical (unpaired) electrons. The van der Waals surface area contributed by atoms with Crippen LogP contribution in [0.1, 0.15) is 0 Å². The molecule has 0 unspecified atom stereocenters. The summed E-state index contributed by atoms with van der Waals surface area (Å²) < 4.78 is 79.7. The lowest BCUT2D eigenvalue weighted by molar-refractivity contribution is 0.381. The highest BCUT2D eigenvalue weighted by Gasteiger charge is 2.28. The number of halogens is 7. The Bertz CT molecular complexity index is 618. The van der Waals surface area contributed by atoms with Gasteiger partial charge in [-0.25, -0.2) is 26.3 Å². The van der Waals surface area contributed by atoms with Gasteiger partial charge in [-0.05, 0) is 34.7 Å². The monoisotopic (exact) mass is 388 g/mol. The van der Waals surface area contributed by atoms with Crippen molar-refractivity contribution in [1.82, 2.24) is 0 Å². The topological polar surface area (TPSA) is 0 Å². The third-order valence-corrected chi connectivity index (χ3v) is 3.32. The Morgan fingerprint density at radius 3 is 1.58 bits per heavy atom. The number of rotatable bonds is 1. The van der Waals surface area contributed by atoms with Gasteiger partial charge in [0.1, 0.15) is 5.82 Å². The summed E-state index contributed by atoms with van der Waals surface area (Å²) in [7, 11) is 0. The minimum atomic E-state index is -2.27. The van der Waals surface area contributed by atoms with Crippen molar-refractivity contribution in [2.75, 3.05) is 0 Å². The van der Waals surface area contributed by atoms with E-state index in [0.29, 0.717) is 0 Å². The second-order valence-electron chi connectivity index (χ2n) is 3.54.